The molecule has 34 heavy (non-hydrogen) atoms. The van der Waals surface area contributed by atoms with Crippen molar-refractivity contribution in [2.45, 2.75) is 78.1 Å². The number of benzene rings is 2. The molecule has 4 nitrogen and oxygen atoms in total. The Morgan fingerprint density at radius 3 is 1.32 bits per heavy atom. The van der Waals surface area contributed by atoms with Crippen LogP contribution < -0.4 is 0 Å². The lowest BCUT2D eigenvalue weighted by Gasteiger charge is -2.26. The number of rotatable bonds is 15. The average molecular weight is 467 g/mol. The highest BCUT2D eigenvalue weighted by atomic mass is 16.5. The molecule has 4 atom stereocenters. The number of hydrogen-bond donors (Lipinski definition) is 0. The summed E-state index contributed by atoms with van der Waals surface area (Å²) in [5, 5.41) is 0. The van der Waals surface area contributed by atoms with Crippen molar-refractivity contribution in [2.75, 3.05) is 13.2 Å². The molecule has 4 unspecified atom stereocenters. The summed E-state index contributed by atoms with van der Waals surface area (Å²) in [7, 11) is 0. The molecule has 0 saturated carbocycles. The molecule has 2 aromatic carbocycles. The molecule has 0 spiro atoms. The molecule has 0 bridgehead atoms. The molecule has 0 aliphatic rings. The zero-order valence-corrected chi connectivity index (χ0v) is 21.4. The SMILES string of the molecule is CCCCC(C)COC(=O)C(c1ccccc1)C(C(=O)OCC(C)CCCC)c1ccccc1. The fourth-order valence-electron chi connectivity index (χ4n) is 4.15. The molecule has 0 radical (unpaired) electrons. The van der Waals surface area contributed by atoms with E-state index in [0.29, 0.717) is 13.2 Å². The van der Waals surface area contributed by atoms with Gasteiger partial charge in [-0.25, -0.2) is 0 Å². The van der Waals surface area contributed by atoms with Crippen molar-refractivity contribution in [1.82, 2.24) is 0 Å². The maximum Gasteiger partial charge on any atom is 0.314 e. The fourth-order valence-corrected chi connectivity index (χ4v) is 4.15. The van der Waals surface area contributed by atoms with Crippen LogP contribution in [0, 0.1) is 11.8 Å². The van der Waals surface area contributed by atoms with Crippen LogP contribution in [0.3, 0.4) is 0 Å². The molecular weight excluding hydrogens is 424 g/mol. The van der Waals surface area contributed by atoms with Gasteiger partial charge >= 0.3 is 11.9 Å². The molecule has 0 heterocycles. The molecule has 0 aliphatic carbocycles. The molecule has 0 N–H and O–H groups in total. The van der Waals surface area contributed by atoms with E-state index in [1.54, 1.807) is 0 Å². The van der Waals surface area contributed by atoms with E-state index in [2.05, 4.69) is 27.7 Å². The predicted octanol–water partition coefficient (Wildman–Crippen LogP) is 7.29. The van der Waals surface area contributed by atoms with E-state index >= 15 is 0 Å². The number of esters is 2. The monoisotopic (exact) mass is 466 g/mol. The highest BCUT2D eigenvalue weighted by Crippen LogP contribution is 2.36. The summed E-state index contributed by atoms with van der Waals surface area (Å²) in [6, 6.07) is 18.9. The van der Waals surface area contributed by atoms with Crippen molar-refractivity contribution in [3.05, 3.63) is 71.8 Å². The first kappa shape index (κ1) is 27.6. The summed E-state index contributed by atoms with van der Waals surface area (Å²) in [6.07, 6.45) is 6.47. The van der Waals surface area contributed by atoms with Crippen LogP contribution in [-0.4, -0.2) is 25.2 Å². The van der Waals surface area contributed by atoms with Gasteiger partial charge in [-0.15, -0.1) is 0 Å². The van der Waals surface area contributed by atoms with Gasteiger partial charge in [0, 0.05) is 0 Å². The number of hydrogen-bond acceptors (Lipinski definition) is 4. The Morgan fingerprint density at radius 1 is 0.647 bits per heavy atom. The normalized spacial score (nSPS) is 14.6. The Labute approximate surface area is 206 Å². The van der Waals surface area contributed by atoms with Crippen LogP contribution in [0.4, 0.5) is 0 Å². The minimum atomic E-state index is -0.763. The van der Waals surface area contributed by atoms with Crippen LogP contribution in [0.5, 0.6) is 0 Å². The van der Waals surface area contributed by atoms with Crippen molar-refractivity contribution in [1.29, 1.82) is 0 Å². The minimum absolute atomic E-state index is 0.280. The highest BCUT2D eigenvalue weighted by Gasteiger charge is 2.38. The summed E-state index contributed by atoms with van der Waals surface area (Å²) in [6.45, 7) is 9.22. The fraction of sp³-hybridized carbons (Fsp3) is 0.533. The molecule has 0 fully saturated rings. The zero-order valence-electron chi connectivity index (χ0n) is 21.4. The Kier molecular flexibility index (Phi) is 12.4. The third kappa shape index (κ3) is 8.96. The van der Waals surface area contributed by atoms with Gasteiger partial charge in [0.25, 0.3) is 0 Å². The average Bonchev–Trinajstić information content (AvgIpc) is 2.87. The highest BCUT2D eigenvalue weighted by molar-refractivity contribution is 5.90. The Balaban J connectivity index is 2.30. The third-order valence-corrected chi connectivity index (χ3v) is 6.28. The summed E-state index contributed by atoms with van der Waals surface area (Å²) < 4.78 is 11.6. The van der Waals surface area contributed by atoms with Crippen LogP contribution >= 0.6 is 0 Å². The van der Waals surface area contributed by atoms with Gasteiger partial charge in [-0.2, -0.15) is 0 Å². The summed E-state index contributed by atoms with van der Waals surface area (Å²) in [4.78, 5) is 27.0. The van der Waals surface area contributed by atoms with Gasteiger partial charge in [0.05, 0.1) is 25.0 Å². The predicted molar refractivity (Wildman–Crippen MR) is 138 cm³/mol. The molecule has 2 rings (SSSR count). The van der Waals surface area contributed by atoms with Crippen molar-refractivity contribution in [3.63, 3.8) is 0 Å². The van der Waals surface area contributed by atoms with Crippen molar-refractivity contribution in [3.8, 4) is 0 Å². The third-order valence-electron chi connectivity index (χ3n) is 6.28. The van der Waals surface area contributed by atoms with Crippen LogP contribution in [0.2, 0.25) is 0 Å². The van der Waals surface area contributed by atoms with Crippen molar-refractivity contribution in [2.24, 2.45) is 11.8 Å². The Bertz CT molecular complexity index is 762. The molecule has 186 valence electrons. The van der Waals surface area contributed by atoms with E-state index in [0.717, 1.165) is 49.7 Å². The minimum Gasteiger partial charge on any atom is -0.465 e. The van der Waals surface area contributed by atoms with Crippen molar-refractivity contribution < 1.29 is 19.1 Å². The Morgan fingerprint density at radius 2 is 1.00 bits per heavy atom. The largest absolute Gasteiger partial charge is 0.465 e. The number of carbonyl (C=O) groups is 2. The van der Waals surface area contributed by atoms with Gasteiger partial charge < -0.3 is 9.47 Å². The second-order valence-electron chi connectivity index (χ2n) is 9.53. The van der Waals surface area contributed by atoms with Gasteiger partial charge in [0.1, 0.15) is 0 Å². The standard InChI is InChI=1S/C30H42O4/c1-5-7-15-23(3)21-33-29(31)27(25-17-11-9-12-18-25)28(26-19-13-10-14-20-26)30(32)34-22-24(4)16-8-6-2/h9-14,17-20,23-24,27-28H,5-8,15-16,21-22H2,1-4H3. The van der Waals surface area contributed by atoms with E-state index in [1.165, 1.54) is 0 Å². The second-order valence-corrected chi connectivity index (χ2v) is 9.53. The Hall–Kier alpha value is -2.62. The summed E-state index contributed by atoms with van der Waals surface area (Å²) >= 11 is 0. The first-order valence-electron chi connectivity index (χ1n) is 12.9. The lowest BCUT2D eigenvalue weighted by atomic mass is 9.81. The molecular formula is C30H42O4. The zero-order chi connectivity index (χ0) is 24.8. The van der Waals surface area contributed by atoms with Gasteiger partial charge in [-0.3, -0.25) is 9.59 Å². The second kappa shape index (κ2) is 15.3. The van der Waals surface area contributed by atoms with E-state index in [-0.39, 0.29) is 23.8 Å². The quantitative estimate of drug-likeness (QED) is 0.259. The maximum absolute atomic E-state index is 13.5. The molecule has 0 amide bonds. The van der Waals surface area contributed by atoms with Gasteiger partial charge in [0.2, 0.25) is 0 Å². The molecule has 0 aliphatic heterocycles. The van der Waals surface area contributed by atoms with E-state index in [4.69, 9.17) is 9.47 Å². The first-order chi connectivity index (χ1) is 16.5. The van der Waals surface area contributed by atoms with Crippen LogP contribution in [0.1, 0.15) is 89.2 Å². The summed E-state index contributed by atoms with van der Waals surface area (Å²) in [5.74, 6) is -1.72. The molecule has 0 saturated heterocycles. The number of carbonyl (C=O) groups excluding carboxylic acids is 2. The number of ether oxygens (including phenoxy) is 2. The molecule has 4 heteroatoms. The lowest BCUT2D eigenvalue weighted by Crippen LogP contribution is -2.31. The summed E-state index contributed by atoms with van der Waals surface area (Å²) in [5.41, 5.74) is 1.53. The molecule has 2 aromatic rings. The van der Waals surface area contributed by atoms with E-state index < -0.39 is 11.8 Å². The van der Waals surface area contributed by atoms with Crippen LogP contribution in [-0.2, 0) is 19.1 Å². The number of unbranched alkanes of at least 4 members (excludes halogenated alkanes) is 2. The van der Waals surface area contributed by atoms with Gasteiger partial charge in [-0.1, -0.05) is 114 Å². The van der Waals surface area contributed by atoms with Crippen molar-refractivity contribution >= 4 is 11.9 Å². The van der Waals surface area contributed by atoms with Gasteiger partial charge in [-0.05, 0) is 35.8 Å². The van der Waals surface area contributed by atoms with Gasteiger partial charge in [0.15, 0.2) is 0 Å². The van der Waals surface area contributed by atoms with E-state index in [9.17, 15) is 9.59 Å². The first-order valence-corrected chi connectivity index (χ1v) is 12.9. The topological polar surface area (TPSA) is 52.6 Å². The molecule has 0 aromatic heterocycles. The van der Waals surface area contributed by atoms with E-state index in [1.807, 2.05) is 60.7 Å². The maximum atomic E-state index is 13.5. The van der Waals surface area contributed by atoms with Crippen LogP contribution in [0.25, 0.3) is 0 Å². The smallest absolute Gasteiger partial charge is 0.314 e. The lowest BCUT2D eigenvalue weighted by molar-refractivity contribution is -0.155. The van der Waals surface area contributed by atoms with Crippen LogP contribution in [0.15, 0.2) is 60.7 Å².